The molecule has 4 nitrogen and oxygen atoms in total. The van der Waals surface area contributed by atoms with Gasteiger partial charge in [0.25, 0.3) is 0 Å². The Balaban J connectivity index is 2.18. The number of nitrogens with zero attached hydrogens (tertiary/aromatic N) is 2. The lowest BCUT2D eigenvalue weighted by molar-refractivity contribution is -0.127. The molecule has 2 aromatic rings. The van der Waals surface area contributed by atoms with E-state index in [1.807, 2.05) is 42.1 Å². The molecule has 1 heterocycles. The van der Waals surface area contributed by atoms with Crippen molar-refractivity contribution in [3.05, 3.63) is 42.1 Å². The van der Waals surface area contributed by atoms with Crippen LogP contribution >= 0.6 is 0 Å². The van der Waals surface area contributed by atoms with E-state index in [4.69, 9.17) is 0 Å². The highest BCUT2D eigenvalue weighted by atomic mass is 16.3. The number of amides is 1. The SMILES string of the molecule is CN(CC(C)(C)O)C(=O)/C=C/c1cn(C)c2ccccc12. The van der Waals surface area contributed by atoms with Crippen molar-refractivity contribution in [1.29, 1.82) is 0 Å². The van der Waals surface area contributed by atoms with E-state index in [1.54, 1.807) is 27.0 Å². The Morgan fingerprint density at radius 3 is 2.71 bits per heavy atom. The molecule has 0 bridgehead atoms. The van der Waals surface area contributed by atoms with E-state index in [-0.39, 0.29) is 5.91 Å². The van der Waals surface area contributed by atoms with Crippen LogP contribution in [0.1, 0.15) is 19.4 Å². The van der Waals surface area contributed by atoms with Crippen molar-refractivity contribution >= 4 is 22.9 Å². The topological polar surface area (TPSA) is 45.5 Å². The van der Waals surface area contributed by atoms with E-state index in [2.05, 4.69) is 6.07 Å². The molecule has 112 valence electrons. The van der Waals surface area contributed by atoms with Crippen molar-refractivity contribution in [3.63, 3.8) is 0 Å². The zero-order valence-corrected chi connectivity index (χ0v) is 13.0. The van der Waals surface area contributed by atoms with Gasteiger partial charge < -0.3 is 14.6 Å². The Bertz CT molecular complexity index is 678. The van der Waals surface area contributed by atoms with E-state index in [9.17, 15) is 9.90 Å². The van der Waals surface area contributed by atoms with Crippen molar-refractivity contribution in [2.24, 2.45) is 7.05 Å². The molecule has 2 rings (SSSR count). The number of carbonyl (C=O) groups is 1. The van der Waals surface area contributed by atoms with Gasteiger partial charge in [-0.2, -0.15) is 0 Å². The lowest BCUT2D eigenvalue weighted by atomic mass is 10.1. The molecular weight excluding hydrogens is 264 g/mol. The Morgan fingerprint density at radius 2 is 2.05 bits per heavy atom. The molecular formula is C17H22N2O2. The number of hydrogen-bond acceptors (Lipinski definition) is 2. The highest BCUT2D eigenvalue weighted by Gasteiger charge is 2.17. The fourth-order valence-corrected chi connectivity index (χ4v) is 2.45. The predicted octanol–water partition coefficient (Wildman–Crippen LogP) is 2.42. The van der Waals surface area contributed by atoms with Crippen LogP contribution in [0.2, 0.25) is 0 Å². The van der Waals surface area contributed by atoms with Crippen LogP contribution in [0.5, 0.6) is 0 Å². The maximum absolute atomic E-state index is 12.1. The number of fused-ring (bicyclic) bond motifs is 1. The first kappa shape index (κ1) is 15.3. The molecule has 0 fully saturated rings. The second-order valence-electron chi connectivity index (χ2n) is 6.05. The molecule has 0 saturated heterocycles. The summed E-state index contributed by atoms with van der Waals surface area (Å²) < 4.78 is 2.04. The molecule has 0 radical (unpaired) electrons. The largest absolute Gasteiger partial charge is 0.389 e. The van der Waals surface area contributed by atoms with Crippen molar-refractivity contribution < 1.29 is 9.90 Å². The van der Waals surface area contributed by atoms with E-state index < -0.39 is 5.60 Å². The lowest BCUT2D eigenvalue weighted by Gasteiger charge is -2.24. The standard InChI is InChI=1S/C17H22N2O2/c1-17(2,21)12-19(4)16(20)10-9-13-11-18(3)15-8-6-5-7-14(13)15/h5-11,21H,12H2,1-4H3/b10-9+. The average molecular weight is 286 g/mol. The van der Waals surface area contributed by atoms with Crippen molar-refractivity contribution in [3.8, 4) is 0 Å². The van der Waals surface area contributed by atoms with Gasteiger partial charge >= 0.3 is 0 Å². The summed E-state index contributed by atoms with van der Waals surface area (Å²) in [5, 5.41) is 10.9. The second kappa shape index (κ2) is 5.74. The van der Waals surface area contributed by atoms with Gasteiger partial charge in [-0.05, 0) is 26.0 Å². The number of aromatic nitrogens is 1. The summed E-state index contributed by atoms with van der Waals surface area (Å²) in [6, 6.07) is 8.08. The van der Waals surface area contributed by atoms with E-state index in [0.29, 0.717) is 6.54 Å². The minimum Gasteiger partial charge on any atom is -0.389 e. The molecule has 0 aliphatic rings. The number of hydrogen-bond donors (Lipinski definition) is 1. The van der Waals surface area contributed by atoms with Gasteiger partial charge in [0, 0.05) is 49.4 Å². The van der Waals surface area contributed by atoms with Gasteiger partial charge in [0.15, 0.2) is 0 Å². The molecule has 1 aromatic heterocycles. The van der Waals surface area contributed by atoms with E-state index >= 15 is 0 Å². The van der Waals surface area contributed by atoms with Crippen LogP contribution in [-0.4, -0.2) is 39.7 Å². The van der Waals surface area contributed by atoms with Crippen LogP contribution in [0.4, 0.5) is 0 Å². The summed E-state index contributed by atoms with van der Waals surface area (Å²) in [6.07, 6.45) is 5.38. The molecule has 1 aromatic carbocycles. The summed E-state index contributed by atoms with van der Waals surface area (Å²) in [5.74, 6) is -0.120. The van der Waals surface area contributed by atoms with Gasteiger partial charge in [0.05, 0.1) is 5.60 Å². The summed E-state index contributed by atoms with van der Waals surface area (Å²) in [6.45, 7) is 3.67. The molecule has 4 heteroatoms. The first-order valence-electron chi connectivity index (χ1n) is 6.97. The highest BCUT2D eigenvalue weighted by molar-refractivity contribution is 5.96. The van der Waals surface area contributed by atoms with Crippen LogP contribution in [0, 0.1) is 0 Å². The molecule has 0 aliphatic heterocycles. The minimum absolute atomic E-state index is 0.120. The number of benzene rings is 1. The Labute approximate surface area is 125 Å². The fraction of sp³-hybridized carbons (Fsp3) is 0.353. The number of likely N-dealkylation sites (N-methyl/N-ethyl adjacent to an activating group) is 1. The van der Waals surface area contributed by atoms with Gasteiger partial charge in [0.2, 0.25) is 5.91 Å². The molecule has 21 heavy (non-hydrogen) atoms. The van der Waals surface area contributed by atoms with Gasteiger partial charge in [-0.1, -0.05) is 18.2 Å². The third-order valence-corrected chi connectivity index (χ3v) is 3.33. The number of rotatable bonds is 4. The molecule has 0 unspecified atom stereocenters. The molecule has 0 aliphatic carbocycles. The van der Waals surface area contributed by atoms with Crippen molar-refractivity contribution in [1.82, 2.24) is 9.47 Å². The summed E-state index contributed by atoms with van der Waals surface area (Å²) in [5.41, 5.74) is 1.25. The minimum atomic E-state index is -0.891. The predicted molar refractivity (Wildman–Crippen MR) is 85.9 cm³/mol. The van der Waals surface area contributed by atoms with Crippen LogP contribution < -0.4 is 0 Å². The van der Waals surface area contributed by atoms with Crippen LogP contribution in [0.25, 0.3) is 17.0 Å². The van der Waals surface area contributed by atoms with E-state index in [0.717, 1.165) is 16.5 Å². The monoisotopic (exact) mass is 286 g/mol. The maximum Gasteiger partial charge on any atom is 0.246 e. The number of carbonyl (C=O) groups excluding carboxylic acids is 1. The maximum atomic E-state index is 12.1. The highest BCUT2D eigenvalue weighted by Crippen LogP contribution is 2.21. The summed E-state index contributed by atoms with van der Waals surface area (Å²) in [4.78, 5) is 13.6. The molecule has 1 N–H and O–H groups in total. The lowest BCUT2D eigenvalue weighted by Crippen LogP contribution is -2.38. The van der Waals surface area contributed by atoms with Crippen LogP contribution in [0.3, 0.4) is 0 Å². The summed E-state index contributed by atoms with van der Waals surface area (Å²) in [7, 11) is 3.68. The quantitative estimate of drug-likeness (QED) is 0.877. The smallest absolute Gasteiger partial charge is 0.246 e. The number of para-hydroxylation sites is 1. The van der Waals surface area contributed by atoms with Crippen LogP contribution in [-0.2, 0) is 11.8 Å². The second-order valence-corrected chi connectivity index (χ2v) is 6.05. The van der Waals surface area contributed by atoms with Gasteiger partial charge in [-0.3, -0.25) is 4.79 Å². The zero-order chi connectivity index (χ0) is 15.6. The molecule has 1 amide bonds. The van der Waals surface area contributed by atoms with Gasteiger partial charge in [0.1, 0.15) is 0 Å². The van der Waals surface area contributed by atoms with E-state index in [1.165, 1.54) is 4.90 Å². The average Bonchev–Trinajstić information content (AvgIpc) is 2.71. The third kappa shape index (κ3) is 3.73. The Hall–Kier alpha value is -2.07. The third-order valence-electron chi connectivity index (χ3n) is 3.33. The number of aryl methyl sites for hydroxylation is 1. The van der Waals surface area contributed by atoms with Crippen molar-refractivity contribution in [2.45, 2.75) is 19.4 Å². The molecule has 0 spiro atoms. The van der Waals surface area contributed by atoms with Gasteiger partial charge in [-0.25, -0.2) is 0 Å². The zero-order valence-electron chi connectivity index (χ0n) is 13.0. The van der Waals surface area contributed by atoms with Crippen LogP contribution in [0.15, 0.2) is 36.5 Å². The normalized spacial score (nSPS) is 12.2. The fourth-order valence-electron chi connectivity index (χ4n) is 2.45. The Morgan fingerprint density at radius 1 is 1.38 bits per heavy atom. The molecule has 0 atom stereocenters. The number of aliphatic hydroxyl groups is 1. The first-order chi connectivity index (χ1) is 9.78. The van der Waals surface area contributed by atoms with Crippen molar-refractivity contribution in [2.75, 3.05) is 13.6 Å². The Kier molecular flexibility index (Phi) is 4.19. The summed E-state index contributed by atoms with van der Waals surface area (Å²) >= 11 is 0. The first-order valence-corrected chi connectivity index (χ1v) is 6.97. The van der Waals surface area contributed by atoms with Gasteiger partial charge in [-0.15, -0.1) is 0 Å². The molecule has 0 saturated carbocycles.